The Morgan fingerprint density at radius 3 is 2.59 bits per heavy atom. The zero-order valence-electron chi connectivity index (χ0n) is 15.6. The summed E-state index contributed by atoms with van der Waals surface area (Å²) in [5.41, 5.74) is 3.55. The molecule has 6 heteroatoms. The third kappa shape index (κ3) is 3.74. The van der Waals surface area contributed by atoms with Crippen LogP contribution in [0, 0.1) is 5.92 Å². The number of methoxy groups -OCH3 is 1. The van der Waals surface area contributed by atoms with Crippen LogP contribution in [0.15, 0.2) is 48.5 Å². The number of hydrogen-bond acceptors (Lipinski definition) is 5. The predicted octanol–water partition coefficient (Wildman–Crippen LogP) is 2.86. The van der Waals surface area contributed by atoms with E-state index in [1.807, 2.05) is 30.3 Å². The van der Waals surface area contributed by atoms with Gasteiger partial charge in [0.15, 0.2) is 0 Å². The summed E-state index contributed by atoms with van der Waals surface area (Å²) in [4.78, 5) is 0. The van der Waals surface area contributed by atoms with Gasteiger partial charge in [0.2, 0.25) is 0 Å². The lowest BCUT2D eigenvalue weighted by Crippen LogP contribution is -2.36. The van der Waals surface area contributed by atoms with Crippen LogP contribution in [0.4, 0.5) is 0 Å². The Balaban J connectivity index is 1.70. The minimum atomic E-state index is -3.57. The molecule has 1 aliphatic carbocycles. The molecular weight excluding hydrogens is 362 g/mol. The van der Waals surface area contributed by atoms with E-state index in [2.05, 4.69) is 23.5 Å². The van der Waals surface area contributed by atoms with Crippen molar-refractivity contribution in [1.82, 2.24) is 5.32 Å². The average molecular weight is 388 g/mol. The van der Waals surface area contributed by atoms with Gasteiger partial charge >= 0.3 is 0 Å². The van der Waals surface area contributed by atoms with E-state index in [9.17, 15) is 8.42 Å². The SMILES string of the molecule is COc1cccc2c1CCC1C(Cc3ccccc3)NC(OS(C)(=O)=O)C21. The van der Waals surface area contributed by atoms with Crippen molar-refractivity contribution in [1.29, 1.82) is 0 Å². The molecule has 1 saturated heterocycles. The van der Waals surface area contributed by atoms with E-state index in [1.54, 1.807) is 7.11 Å². The first kappa shape index (κ1) is 18.5. The highest BCUT2D eigenvalue weighted by atomic mass is 32.2. The van der Waals surface area contributed by atoms with Crippen LogP contribution in [-0.4, -0.2) is 34.1 Å². The fourth-order valence-corrected chi connectivity index (χ4v) is 5.26. The first-order valence-corrected chi connectivity index (χ1v) is 11.1. The Morgan fingerprint density at radius 2 is 1.89 bits per heavy atom. The second kappa shape index (κ2) is 7.26. The molecule has 1 heterocycles. The Labute approximate surface area is 160 Å². The van der Waals surface area contributed by atoms with Crippen molar-refractivity contribution in [3.63, 3.8) is 0 Å². The monoisotopic (exact) mass is 387 g/mol. The smallest absolute Gasteiger partial charge is 0.265 e. The van der Waals surface area contributed by atoms with E-state index in [-0.39, 0.29) is 12.0 Å². The lowest BCUT2D eigenvalue weighted by atomic mass is 9.73. The number of nitrogens with one attached hydrogen (secondary N) is 1. The van der Waals surface area contributed by atoms with Crippen molar-refractivity contribution in [2.24, 2.45) is 5.92 Å². The molecule has 0 saturated carbocycles. The van der Waals surface area contributed by atoms with Crippen LogP contribution in [0.1, 0.15) is 29.0 Å². The van der Waals surface area contributed by atoms with Crippen LogP contribution in [0.25, 0.3) is 0 Å². The standard InChI is InChI=1S/C21H25NO4S/c1-25-19-10-6-9-16-15(19)11-12-17-18(13-14-7-4-3-5-8-14)22-21(20(16)17)26-27(2,23)24/h3-10,17-18,20-22H,11-13H2,1-2H3. The van der Waals surface area contributed by atoms with Crippen LogP contribution < -0.4 is 10.1 Å². The molecule has 2 aromatic carbocycles. The molecular formula is C21H25NO4S. The van der Waals surface area contributed by atoms with Gasteiger partial charge in [-0.2, -0.15) is 8.42 Å². The maximum absolute atomic E-state index is 11.9. The largest absolute Gasteiger partial charge is 0.496 e. The second-order valence-electron chi connectivity index (χ2n) is 7.44. The summed E-state index contributed by atoms with van der Waals surface area (Å²) < 4.78 is 34.8. The van der Waals surface area contributed by atoms with Crippen LogP contribution >= 0.6 is 0 Å². The van der Waals surface area contributed by atoms with Gasteiger partial charge in [-0.25, -0.2) is 0 Å². The molecule has 27 heavy (non-hydrogen) atoms. The summed E-state index contributed by atoms with van der Waals surface area (Å²) in [6.45, 7) is 0. The van der Waals surface area contributed by atoms with Gasteiger partial charge in [-0.15, -0.1) is 0 Å². The molecule has 0 aromatic heterocycles. The maximum Gasteiger partial charge on any atom is 0.265 e. The minimum Gasteiger partial charge on any atom is -0.496 e. The molecule has 0 radical (unpaired) electrons. The zero-order valence-corrected chi connectivity index (χ0v) is 16.4. The molecule has 144 valence electrons. The normalized spacial score (nSPS) is 27.0. The van der Waals surface area contributed by atoms with Crippen molar-refractivity contribution in [3.05, 3.63) is 65.2 Å². The van der Waals surface area contributed by atoms with E-state index in [0.717, 1.165) is 36.8 Å². The number of fused-ring (bicyclic) bond motifs is 3. The van der Waals surface area contributed by atoms with Gasteiger partial charge in [0.1, 0.15) is 12.0 Å². The van der Waals surface area contributed by atoms with Gasteiger partial charge in [0.05, 0.1) is 13.4 Å². The fourth-order valence-electron chi connectivity index (χ4n) is 4.71. The molecule has 5 nitrogen and oxygen atoms in total. The summed E-state index contributed by atoms with van der Waals surface area (Å²) in [5, 5.41) is 3.47. The molecule has 4 atom stereocenters. The van der Waals surface area contributed by atoms with Crippen LogP contribution in [0.3, 0.4) is 0 Å². The number of hydrogen-bond donors (Lipinski definition) is 1. The highest BCUT2D eigenvalue weighted by Crippen LogP contribution is 2.47. The third-order valence-corrected chi connectivity index (χ3v) is 6.29. The number of benzene rings is 2. The van der Waals surface area contributed by atoms with Gasteiger partial charge in [0, 0.05) is 12.0 Å². The van der Waals surface area contributed by atoms with Gasteiger partial charge in [-0.1, -0.05) is 42.5 Å². The van der Waals surface area contributed by atoms with Crippen molar-refractivity contribution in [3.8, 4) is 5.75 Å². The molecule has 4 rings (SSSR count). The Morgan fingerprint density at radius 1 is 1.11 bits per heavy atom. The van der Waals surface area contributed by atoms with E-state index in [1.165, 1.54) is 11.1 Å². The summed E-state index contributed by atoms with van der Waals surface area (Å²) in [6.07, 6.45) is 3.32. The van der Waals surface area contributed by atoms with E-state index < -0.39 is 16.3 Å². The maximum atomic E-state index is 11.9. The lowest BCUT2D eigenvalue weighted by molar-refractivity contribution is 0.165. The zero-order chi connectivity index (χ0) is 19.0. The van der Waals surface area contributed by atoms with Crippen molar-refractivity contribution in [2.75, 3.05) is 13.4 Å². The minimum absolute atomic E-state index is 0.00714. The summed E-state index contributed by atoms with van der Waals surface area (Å²) >= 11 is 0. The highest BCUT2D eigenvalue weighted by molar-refractivity contribution is 7.86. The van der Waals surface area contributed by atoms with Crippen LogP contribution in [0.2, 0.25) is 0 Å². The molecule has 0 amide bonds. The molecule has 1 aliphatic heterocycles. The van der Waals surface area contributed by atoms with E-state index >= 15 is 0 Å². The number of rotatable bonds is 5. The van der Waals surface area contributed by atoms with Crippen molar-refractivity contribution in [2.45, 2.75) is 37.5 Å². The highest BCUT2D eigenvalue weighted by Gasteiger charge is 2.48. The first-order chi connectivity index (χ1) is 13.0. The molecule has 2 aromatic rings. The second-order valence-corrected chi connectivity index (χ2v) is 9.04. The molecule has 1 N–H and O–H groups in total. The topological polar surface area (TPSA) is 64.6 Å². The first-order valence-electron chi connectivity index (χ1n) is 9.30. The van der Waals surface area contributed by atoms with E-state index in [0.29, 0.717) is 5.92 Å². The molecule has 2 aliphatic rings. The van der Waals surface area contributed by atoms with Crippen molar-refractivity contribution < 1.29 is 17.3 Å². The van der Waals surface area contributed by atoms with Gasteiger partial charge < -0.3 is 4.74 Å². The lowest BCUT2D eigenvalue weighted by Gasteiger charge is -2.32. The third-order valence-electron chi connectivity index (χ3n) is 5.74. The summed E-state index contributed by atoms with van der Waals surface area (Å²) in [7, 11) is -1.89. The molecule has 0 spiro atoms. The Bertz CT molecular complexity index is 913. The Kier molecular flexibility index (Phi) is 4.97. The van der Waals surface area contributed by atoms with Crippen molar-refractivity contribution >= 4 is 10.1 Å². The quantitative estimate of drug-likeness (QED) is 0.800. The average Bonchev–Trinajstić information content (AvgIpc) is 2.98. The summed E-state index contributed by atoms with van der Waals surface area (Å²) in [6, 6.07) is 16.5. The van der Waals surface area contributed by atoms with Crippen LogP contribution in [-0.2, 0) is 27.1 Å². The predicted molar refractivity (Wildman–Crippen MR) is 104 cm³/mol. The fraction of sp³-hybridized carbons (Fsp3) is 0.429. The molecule has 0 bridgehead atoms. The molecule has 1 fully saturated rings. The van der Waals surface area contributed by atoms with Gasteiger partial charge in [-0.3, -0.25) is 9.50 Å². The van der Waals surface area contributed by atoms with E-state index in [4.69, 9.17) is 8.92 Å². The van der Waals surface area contributed by atoms with Crippen LogP contribution in [0.5, 0.6) is 5.75 Å². The Hall–Kier alpha value is -1.89. The summed E-state index contributed by atoms with van der Waals surface area (Å²) in [5.74, 6) is 1.18. The van der Waals surface area contributed by atoms with Gasteiger partial charge in [-0.05, 0) is 47.9 Å². The van der Waals surface area contributed by atoms with Gasteiger partial charge in [0.25, 0.3) is 10.1 Å². The number of ether oxygens (including phenoxy) is 1. The molecule has 4 unspecified atom stereocenters.